The second-order valence-electron chi connectivity index (χ2n) is 3.01. The van der Waals surface area contributed by atoms with Crippen molar-refractivity contribution in [2.75, 3.05) is 6.61 Å². The molecular weight excluding hydrogens is 252 g/mol. The summed E-state index contributed by atoms with van der Waals surface area (Å²) in [6, 6.07) is 0. The number of carbonyl (C=O) groups excluding carboxylic acids is 2. The molecule has 0 heterocycles. The van der Waals surface area contributed by atoms with Crippen LogP contribution >= 0.6 is 15.9 Å². The standard InChI is InChI=1S/C9H13BrO4/c1-4-13-7(11)5-6-14-8(12)9(2,3)10/h4H,1,5-6H2,2-3H3. The molecule has 0 aliphatic rings. The predicted octanol–water partition coefficient (Wildman–Crippen LogP) is 1.78. The van der Waals surface area contributed by atoms with Gasteiger partial charge >= 0.3 is 11.9 Å². The molecule has 0 fully saturated rings. The van der Waals surface area contributed by atoms with Crippen LogP contribution in [0.1, 0.15) is 20.3 Å². The topological polar surface area (TPSA) is 52.6 Å². The lowest BCUT2D eigenvalue weighted by Gasteiger charge is -2.14. The summed E-state index contributed by atoms with van der Waals surface area (Å²) in [5.41, 5.74) is 0. The fraction of sp³-hybridized carbons (Fsp3) is 0.556. The Kier molecular flexibility index (Phi) is 5.45. The van der Waals surface area contributed by atoms with E-state index >= 15 is 0 Å². The number of esters is 2. The molecule has 14 heavy (non-hydrogen) atoms. The molecular formula is C9H13BrO4. The normalized spacial score (nSPS) is 10.5. The third kappa shape index (κ3) is 5.75. The van der Waals surface area contributed by atoms with Gasteiger partial charge in [-0.15, -0.1) is 0 Å². The second-order valence-corrected chi connectivity index (χ2v) is 5.00. The molecule has 0 radical (unpaired) electrons. The van der Waals surface area contributed by atoms with Crippen molar-refractivity contribution in [1.82, 2.24) is 0 Å². The molecule has 0 aromatic heterocycles. The molecule has 0 spiro atoms. The van der Waals surface area contributed by atoms with Crippen LogP contribution < -0.4 is 0 Å². The van der Waals surface area contributed by atoms with Crippen LogP contribution in [0.5, 0.6) is 0 Å². The van der Waals surface area contributed by atoms with Crippen molar-refractivity contribution in [2.24, 2.45) is 0 Å². The lowest BCUT2D eigenvalue weighted by molar-refractivity contribution is -0.148. The zero-order valence-electron chi connectivity index (χ0n) is 8.21. The Bertz CT molecular complexity index is 229. The molecule has 5 heteroatoms. The fourth-order valence-electron chi connectivity index (χ4n) is 0.551. The van der Waals surface area contributed by atoms with Crippen LogP contribution in [0.4, 0.5) is 0 Å². The largest absolute Gasteiger partial charge is 0.464 e. The minimum Gasteiger partial charge on any atom is -0.464 e. The minimum atomic E-state index is -0.727. The van der Waals surface area contributed by atoms with Gasteiger partial charge in [0.2, 0.25) is 0 Å². The van der Waals surface area contributed by atoms with Gasteiger partial charge in [0.25, 0.3) is 0 Å². The Labute approximate surface area is 91.4 Å². The summed E-state index contributed by atoms with van der Waals surface area (Å²) in [5, 5.41) is 0. The fourth-order valence-corrected chi connectivity index (χ4v) is 0.665. The zero-order valence-corrected chi connectivity index (χ0v) is 9.80. The number of carbonyl (C=O) groups is 2. The minimum absolute atomic E-state index is 0.0144. The maximum Gasteiger partial charge on any atom is 0.322 e. The van der Waals surface area contributed by atoms with E-state index in [1.807, 2.05) is 0 Å². The third-order valence-corrected chi connectivity index (χ3v) is 1.56. The van der Waals surface area contributed by atoms with Gasteiger partial charge in [-0.05, 0) is 13.8 Å². The van der Waals surface area contributed by atoms with E-state index in [1.54, 1.807) is 13.8 Å². The van der Waals surface area contributed by atoms with Crippen molar-refractivity contribution in [1.29, 1.82) is 0 Å². The van der Waals surface area contributed by atoms with Crippen LogP contribution in [-0.2, 0) is 19.1 Å². The molecule has 0 aromatic rings. The van der Waals surface area contributed by atoms with Gasteiger partial charge in [-0.25, -0.2) is 0 Å². The van der Waals surface area contributed by atoms with Crippen molar-refractivity contribution in [3.05, 3.63) is 12.8 Å². The van der Waals surface area contributed by atoms with Gasteiger partial charge in [0.1, 0.15) is 10.9 Å². The number of rotatable bonds is 5. The first-order valence-corrected chi connectivity index (χ1v) is 4.83. The maximum atomic E-state index is 11.2. The molecule has 0 unspecified atom stereocenters. The number of ether oxygens (including phenoxy) is 2. The summed E-state index contributed by atoms with van der Waals surface area (Å²) in [7, 11) is 0. The summed E-state index contributed by atoms with van der Waals surface area (Å²) in [5.74, 6) is -0.885. The molecule has 0 saturated heterocycles. The molecule has 0 amide bonds. The van der Waals surface area contributed by atoms with Gasteiger partial charge in [0, 0.05) is 0 Å². The average Bonchev–Trinajstić information content (AvgIpc) is 2.02. The highest BCUT2D eigenvalue weighted by molar-refractivity contribution is 9.10. The summed E-state index contributed by atoms with van der Waals surface area (Å²) in [4.78, 5) is 21.9. The highest BCUT2D eigenvalue weighted by Crippen LogP contribution is 2.17. The molecule has 0 bridgehead atoms. The van der Waals surface area contributed by atoms with E-state index in [0.717, 1.165) is 6.26 Å². The quantitative estimate of drug-likeness (QED) is 0.432. The monoisotopic (exact) mass is 264 g/mol. The van der Waals surface area contributed by atoms with Gasteiger partial charge in [-0.2, -0.15) is 0 Å². The number of halogens is 1. The van der Waals surface area contributed by atoms with Crippen LogP contribution in [0.2, 0.25) is 0 Å². The molecule has 0 N–H and O–H groups in total. The van der Waals surface area contributed by atoms with E-state index in [-0.39, 0.29) is 13.0 Å². The summed E-state index contributed by atoms with van der Waals surface area (Å²) >= 11 is 3.14. The van der Waals surface area contributed by atoms with Crippen molar-refractivity contribution >= 4 is 27.9 Å². The Morgan fingerprint density at radius 2 is 2.07 bits per heavy atom. The second kappa shape index (κ2) is 5.80. The third-order valence-electron chi connectivity index (χ3n) is 1.24. The van der Waals surface area contributed by atoms with Gasteiger partial charge in [0.15, 0.2) is 0 Å². The first-order valence-electron chi connectivity index (χ1n) is 4.04. The van der Waals surface area contributed by atoms with Gasteiger partial charge < -0.3 is 9.47 Å². The van der Waals surface area contributed by atoms with Crippen molar-refractivity contribution in [3.8, 4) is 0 Å². The molecule has 0 saturated carbocycles. The number of alkyl halides is 1. The molecule has 0 rings (SSSR count). The van der Waals surface area contributed by atoms with E-state index in [1.165, 1.54) is 0 Å². The van der Waals surface area contributed by atoms with E-state index in [2.05, 4.69) is 27.2 Å². The lowest BCUT2D eigenvalue weighted by atomic mass is 10.2. The van der Waals surface area contributed by atoms with Crippen LogP contribution in [0, 0.1) is 0 Å². The molecule has 0 aliphatic carbocycles. The van der Waals surface area contributed by atoms with Gasteiger partial charge in [-0.3, -0.25) is 9.59 Å². The summed E-state index contributed by atoms with van der Waals surface area (Å²) in [6.07, 6.45) is 1.07. The van der Waals surface area contributed by atoms with Crippen LogP contribution in [0.25, 0.3) is 0 Å². The average molecular weight is 265 g/mol. The first kappa shape index (κ1) is 13.2. The maximum absolute atomic E-state index is 11.2. The van der Waals surface area contributed by atoms with Crippen molar-refractivity contribution < 1.29 is 19.1 Å². The van der Waals surface area contributed by atoms with Crippen LogP contribution in [0.15, 0.2) is 12.8 Å². The SMILES string of the molecule is C=COC(=O)CCOC(=O)C(C)(C)Br. The van der Waals surface area contributed by atoms with E-state index in [9.17, 15) is 9.59 Å². The highest BCUT2D eigenvalue weighted by atomic mass is 79.9. The van der Waals surface area contributed by atoms with Crippen molar-refractivity contribution in [2.45, 2.75) is 24.6 Å². The Hall–Kier alpha value is -0.840. The summed E-state index contributed by atoms with van der Waals surface area (Å²) in [6.45, 7) is 6.57. The van der Waals surface area contributed by atoms with Crippen LogP contribution in [0.3, 0.4) is 0 Å². The lowest BCUT2D eigenvalue weighted by Crippen LogP contribution is -2.27. The predicted molar refractivity (Wildman–Crippen MR) is 54.9 cm³/mol. The van der Waals surface area contributed by atoms with E-state index in [4.69, 9.17) is 4.74 Å². The Balaban J connectivity index is 3.70. The van der Waals surface area contributed by atoms with Crippen LogP contribution in [-0.4, -0.2) is 22.9 Å². The Morgan fingerprint density at radius 3 is 2.50 bits per heavy atom. The molecule has 0 aliphatic heterocycles. The van der Waals surface area contributed by atoms with Gasteiger partial charge in [0.05, 0.1) is 12.7 Å². The molecule has 0 aromatic carbocycles. The van der Waals surface area contributed by atoms with E-state index < -0.39 is 16.3 Å². The smallest absolute Gasteiger partial charge is 0.322 e. The molecule has 0 atom stereocenters. The van der Waals surface area contributed by atoms with Crippen molar-refractivity contribution in [3.63, 3.8) is 0 Å². The van der Waals surface area contributed by atoms with E-state index in [0.29, 0.717) is 0 Å². The number of hydrogen-bond acceptors (Lipinski definition) is 4. The molecule has 80 valence electrons. The zero-order chi connectivity index (χ0) is 11.2. The summed E-state index contributed by atoms with van der Waals surface area (Å²) < 4.78 is 8.51. The Morgan fingerprint density at radius 1 is 1.50 bits per heavy atom. The molecule has 4 nitrogen and oxygen atoms in total. The number of hydrogen-bond donors (Lipinski definition) is 0. The first-order chi connectivity index (χ1) is 6.38. The van der Waals surface area contributed by atoms with Gasteiger partial charge in [-0.1, -0.05) is 22.5 Å². The highest BCUT2D eigenvalue weighted by Gasteiger charge is 2.25.